The van der Waals surface area contributed by atoms with E-state index in [0.717, 1.165) is 22.0 Å². The molecule has 120 valence electrons. The first-order valence-electron chi connectivity index (χ1n) is 7.53. The van der Waals surface area contributed by atoms with Gasteiger partial charge in [0.05, 0.1) is 23.4 Å². The minimum Gasteiger partial charge on any atom is -0.346 e. The molecular weight excluding hydrogens is 322 g/mol. The average Bonchev–Trinajstić information content (AvgIpc) is 3.31. The SMILES string of the molecule is Cc1nc(-n2cccc2)sc1C(=O)NCc1cc2ccccn2n1. The van der Waals surface area contributed by atoms with Gasteiger partial charge in [0.2, 0.25) is 0 Å². The van der Waals surface area contributed by atoms with Crippen LogP contribution >= 0.6 is 11.3 Å². The molecule has 0 saturated carbocycles. The van der Waals surface area contributed by atoms with Gasteiger partial charge in [0.15, 0.2) is 5.13 Å². The van der Waals surface area contributed by atoms with Gasteiger partial charge in [-0.3, -0.25) is 4.79 Å². The van der Waals surface area contributed by atoms with Crippen molar-refractivity contribution in [2.45, 2.75) is 13.5 Å². The minimum absolute atomic E-state index is 0.125. The number of aryl methyl sites for hydroxylation is 1. The number of thiazole rings is 1. The van der Waals surface area contributed by atoms with Crippen molar-refractivity contribution in [1.82, 2.24) is 24.5 Å². The first-order chi connectivity index (χ1) is 11.7. The van der Waals surface area contributed by atoms with Crippen molar-refractivity contribution in [3.05, 3.63) is 71.3 Å². The highest BCUT2D eigenvalue weighted by Crippen LogP contribution is 2.21. The normalized spacial score (nSPS) is 11.0. The molecule has 0 spiro atoms. The molecule has 0 unspecified atom stereocenters. The highest BCUT2D eigenvalue weighted by molar-refractivity contribution is 7.16. The maximum Gasteiger partial charge on any atom is 0.263 e. The van der Waals surface area contributed by atoms with E-state index in [0.29, 0.717) is 11.4 Å². The lowest BCUT2D eigenvalue weighted by molar-refractivity contribution is 0.0953. The van der Waals surface area contributed by atoms with Crippen LogP contribution in [-0.2, 0) is 6.54 Å². The van der Waals surface area contributed by atoms with Crippen LogP contribution in [0.15, 0.2) is 55.0 Å². The van der Waals surface area contributed by atoms with Gasteiger partial charge in [-0.05, 0) is 37.3 Å². The fourth-order valence-electron chi connectivity index (χ4n) is 2.49. The summed E-state index contributed by atoms with van der Waals surface area (Å²) in [6, 6.07) is 11.7. The maximum atomic E-state index is 12.5. The fourth-order valence-corrected chi connectivity index (χ4v) is 3.44. The van der Waals surface area contributed by atoms with Crippen LogP contribution < -0.4 is 5.32 Å². The summed E-state index contributed by atoms with van der Waals surface area (Å²) >= 11 is 1.38. The second kappa shape index (κ2) is 5.93. The number of fused-ring (bicyclic) bond motifs is 1. The quantitative estimate of drug-likeness (QED) is 0.623. The van der Waals surface area contributed by atoms with Crippen LogP contribution in [0, 0.1) is 6.92 Å². The van der Waals surface area contributed by atoms with E-state index >= 15 is 0 Å². The zero-order valence-electron chi connectivity index (χ0n) is 13.0. The second-order valence-electron chi connectivity index (χ2n) is 5.39. The molecule has 6 nitrogen and oxygen atoms in total. The van der Waals surface area contributed by atoms with Crippen LogP contribution in [0.25, 0.3) is 10.6 Å². The molecule has 0 aromatic carbocycles. The summed E-state index contributed by atoms with van der Waals surface area (Å²) in [7, 11) is 0. The molecule has 4 rings (SSSR count). The van der Waals surface area contributed by atoms with Gasteiger partial charge in [-0.2, -0.15) is 5.10 Å². The zero-order chi connectivity index (χ0) is 16.5. The molecule has 0 saturated heterocycles. The summed E-state index contributed by atoms with van der Waals surface area (Å²) in [6.45, 7) is 2.24. The molecule has 0 aliphatic heterocycles. The summed E-state index contributed by atoms with van der Waals surface area (Å²) in [6.07, 6.45) is 5.71. The van der Waals surface area contributed by atoms with E-state index in [1.54, 1.807) is 4.52 Å². The van der Waals surface area contributed by atoms with Crippen LogP contribution in [-0.4, -0.2) is 25.1 Å². The Morgan fingerprint density at radius 3 is 2.79 bits per heavy atom. The van der Waals surface area contributed by atoms with Gasteiger partial charge in [0.1, 0.15) is 4.88 Å². The molecule has 7 heteroatoms. The lowest BCUT2D eigenvalue weighted by Crippen LogP contribution is -2.22. The number of pyridine rings is 1. The number of rotatable bonds is 4. The van der Waals surface area contributed by atoms with Crippen molar-refractivity contribution in [2.75, 3.05) is 0 Å². The Morgan fingerprint density at radius 2 is 2.00 bits per heavy atom. The van der Waals surface area contributed by atoms with Crippen molar-refractivity contribution in [2.24, 2.45) is 0 Å². The summed E-state index contributed by atoms with van der Waals surface area (Å²) < 4.78 is 3.69. The van der Waals surface area contributed by atoms with Gasteiger partial charge in [-0.25, -0.2) is 9.50 Å². The number of aromatic nitrogens is 4. The van der Waals surface area contributed by atoms with Crippen molar-refractivity contribution >= 4 is 22.8 Å². The summed E-state index contributed by atoms with van der Waals surface area (Å²) in [5, 5.41) is 8.14. The van der Waals surface area contributed by atoms with E-state index in [4.69, 9.17) is 0 Å². The number of amides is 1. The minimum atomic E-state index is -0.125. The Morgan fingerprint density at radius 1 is 1.21 bits per heavy atom. The lowest BCUT2D eigenvalue weighted by atomic mass is 10.3. The highest BCUT2D eigenvalue weighted by atomic mass is 32.1. The van der Waals surface area contributed by atoms with E-state index < -0.39 is 0 Å². The van der Waals surface area contributed by atoms with Crippen LogP contribution in [0.3, 0.4) is 0 Å². The van der Waals surface area contributed by atoms with Crippen molar-refractivity contribution < 1.29 is 4.79 Å². The maximum absolute atomic E-state index is 12.5. The monoisotopic (exact) mass is 337 g/mol. The van der Waals surface area contributed by atoms with E-state index in [9.17, 15) is 4.79 Å². The topological polar surface area (TPSA) is 64.2 Å². The Labute approximate surface area is 142 Å². The molecule has 4 aromatic rings. The van der Waals surface area contributed by atoms with E-state index in [-0.39, 0.29) is 5.91 Å². The molecular formula is C17H15N5OS. The molecule has 24 heavy (non-hydrogen) atoms. The van der Waals surface area contributed by atoms with Crippen molar-refractivity contribution in [3.8, 4) is 5.13 Å². The Balaban J connectivity index is 1.50. The van der Waals surface area contributed by atoms with Crippen LogP contribution in [0.4, 0.5) is 0 Å². The fraction of sp³-hybridized carbons (Fsp3) is 0.118. The number of hydrogen-bond acceptors (Lipinski definition) is 4. The van der Waals surface area contributed by atoms with Gasteiger partial charge in [-0.15, -0.1) is 0 Å². The third kappa shape index (κ3) is 2.69. The largest absolute Gasteiger partial charge is 0.346 e. The standard InChI is InChI=1S/C17H15N5OS/c1-12-15(24-17(19-12)21-7-4-5-8-21)16(23)18-11-13-10-14-6-2-3-9-22(14)20-13/h2-10H,11H2,1H3,(H,18,23). The molecule has 1 N–H and O–H groups in total. The third-order valence-corrected chi connectivity index (χ3v) is 4.84. The lowest BCUT2D eigenvalue weighted by Gasteiger charge is -2.01. The number of nitrogens with one attached hydrogen (secondary N) is 1. The van der Waals surface area contributed by atoms with Gasteiger partial charge >= 0.3 is 0 Å². The predicted octanol–water partition coefficient (Wildman–Crippen LogP) is 2.82. The van der Waals surface area contributed by atoms with Crippen molar-refractivity contribution in [1.29, 1.82) is 0 Å². The van der Waals surface area contributed by atoms with Gasteiger partial charge in [-0.1, -0.05) is 17.4 Å². The first-order valence-corrected chi connectivity index (χ1v) is 8.34. The van der Waals surface area contributed by atoms with E-state index in [1.165, 1.54) is 11.3 Å². The number of carbonyl (C=O) groups is 1. The van der Waals surface area contributed by atoms with Gasteiger partial charge in [0, 0.05) is 18.6 Å². The van der Waals surface area contributed by atoms with Gasteiger partial charge < -0.3 is 9.88 Å². The summed E-state index contributed by atoms with van der Waals surface area (Å²) in [4.78, 5) is 17.5. The van der Waals surface area contributed by atoms with E-state index in [1.807, 2.05) is 66.5 Å². The summed E-state index contributed by atoms with van der Waals surface area (Å²) in [5.74, 6) is -0.125. The Kier molecular flexibility index (Phi) is 3.62. The number of nitrogens with zero attached hydrogens (tertiary/aromatic N) is 4. The number of hydrogen-bond donors (Lipinski definition) is 1. The molecule has 0 bridgehead atoms. The molecule has 0 radical (unpaired) electrons. The second-order valence-corrected chi connectivity index (χ2v) is 6.37. The zero-order valence-corrected chi connectivity index (χ0v) is 13.8. The smallest absolute Gasteiger partial charge is 0.263 e. The number of carbonyl (C=O) groups excluding carboxylic acids is 1. The Hall–Kier alpha value is -2.93. The summed E-state index contributed by atoms with van der Waals surface area (Å²) in [5.41, 5.74) is 2.56. The first kappa shape index (κ1) is 14.6. The van der Waals surface area contributed by atoms with Crippen LogP contribution in [0.2, 0.25) is 0 Å². The molecule has 0 aliphatic rings. The highest BCUT2D eigenvalue weighted by Gasteiger charge is 2.16. The molecule has 1 amide bonds. The van der Waals surface area contributed by atoms with Crippen LogP contribution in [0.1, 0.15) is 21.1 Å². The molecule has 0 aliphatic carbocycles. The third-order valence-electron chi connectivity index (χ3n) is 3.67. The Bertz CT molecular complexity index is 966. The molecule has 0 atom stereocenters. The van der Waals surface area contributed by atoms with Crippen LogP contribution in [0.5, 0.6) is 0 Å². The molecule has 0 fully saturated rings. The predicted molar refractivity (Wildman–Crippen MR) is 92.5 cm³/mol. The van der Waals surface area contributed by atoms with Gasteiger partial charge in [0.25, 0.3) is 5.91 Å². The molecule has 4 heterocycles. The van der Waals surface area contributed by atoms with Crippen molar-refractivity contribution in [3.63, 3.8) is 0 Å². The van der Waals surface area contributed by atoms with E-state index in [2.05, 4.69) is 15.4 Å². The average molecular weight is 337 g/mol. The molecule has 4 aromatic heterocycles.